The molecule has 5 aliphatic rings. The van der Waals surface area contributed by atoms with Gasteiger partial charge in [0.2, 0.25) is 22.1 Å². The number of pyridine rings is 1. The summed E-state index contributed by atoms with van der Waals surface area (Å²) in [7, 11) is -7.80. The lowest BCUT2D eigenvalue weighted by atomic mass is 9.96. The number of nitrogens with zero attached hydrogens (tertiary/aromatic N) is 4. The maximum atomic E-state index is 13.1. The number of aliphatic imine (C=N–C) groups is 2. The van der Waals surface area contributed by atoms with Gasteiger partial charge in [-0.2, -0.15) is 0 Å². The Morgan fingerprint density at radius 1 is 0.753 bits per heavy atom. The smallest absolute Gasteiger partial charge is 0.244 e. The van der Waals surface area contributed by atoms with Gasteiger partial charge in [0.15, 0.2) is 0 Å². The monoisotopic (exact) mass is 1050 g/mol. The van der Waals surface area contributed by atoms with Crippen LogP contribution in [0.4, 0.5) is 0 Å². The summed E-state index contributed by atoms with van der Waals surface area (Å²) in [4.78, 5) is 47.9. The Morgan fingerprint density at radius 3 is 2.08 bits per heavy atom. The fourth-order valence-corrected chi connectivity index (χ4v) is 10.4. The quantitative estimate of drug-likeness (QED) is 0.0473. The highest BCUT2D eigenvalue weighted by Crippen LogP contribution is 2.48. The van der Waals surface area contributed by atoms with Crippen LogP contribution in [-0.2, 0) is 34.5 Å². The number of rotatable bonds is 21. The summed E-state index contributed by atoms with van der Waals surface area (Å²) in [6.45, 7) is 8.00. The number of allylic oxidation sites excluding steroid dienone is 9. The zero-order valence-electron chi connectivity index (χ0n) is 42.5. The van der Waals surface area contributed by atoms with Crippen molar-refractivity contribution in [2.75, 3.05) is 86.6 Å². The molecule has 73 heavy (non-hydrogen) atoms. The van der Waals surface area contributed by atoms with Gasteiger partial charge in [-0.1, -0.05) is 65.9 Å². The van der Waals surface area contributed by atoms with E-state index in [2.05, 4.69) is 66.0 Å². The van der Waals surface area contributed by atoms with Crippen molar-refractivity contribution < 1.29 is 42.6 Å². The highest BCUT2D eigenvalue weighted by Gasteiger charge is 2.27. The molecule has 2 aliphatic heterocycles. The summed E-state index contributed by atoms with van der Waals surface area (Å²) < 4.78 is 55.5. The maximum absolute atomic E-state index is 13.1. The maximum Gasteiger partial charge on any atom is 0.244 e. The van der Waals surface area contributed by atoms with Gasteiger partial charge in [0.1, 0.15) is 22.1 Å². The normalized spacial score (nSPS) is 23.9. The number of nitrogens with two attached hydrogens (primary N) is 1. The molecule has 0 fully saturated rings. The van der Waals surface area contributed by atoms with Gasteiger partial charge >= 0.3 is 0 Å². The highest BCUT2D eigenvalue weighted by molar-refractivity contribution is 7.75. The molecule has 1 aromatic rings. The lowest BCUT2D eigenvalue weighted by Crippen LogP contribution is -2.38. The number of hydrogen-bond acceptors (Lipinski definition) is 13. The molecule has 0 bridgehead atoms. The molecule has 390 valence electrons. The third-order valence-corrected chi connectivity index (χ3v) is 15.6. The molecule has 0 amide bonds. The van der Waals surface area contributed by atoms with Crippen LogP contribution >= 0.6 is 22.1 Å². The summed E-state index contributed by atoms with van der Waals surface area (Å²) >= 11 is 0. The Hall–Kier alpha value is -4.78. The third-order valence-electron chi connectivity index (χ3n) is 12.2. The minimum atomic E-state index is -3.79. The van der Waals surface area contributed by atoms with Gasteiger partial charge in [0, 0.05) is 133 Å². The predicted octanol–water partition coefficient (Wildman–Crippen LogP) is 5.98. The van der Waals surface area contributed by atoms with Crippen molar-refractivity contribution in [1.82, 2.24) is 20.5 Å². The topological polar surface area (TPSA) is 231 Å². The Bertz CT molecular complexity index is 2830. The first-order valence-corrected chi connectivity index (χ1v) is 30.9. The van der Waals surface area contributed by atoms with Crippen molar-refractivity contribution in [3.05, 3.63) is 118 Å². The third kappa shape index (κ3) is 19.5. The lowest BCUT2D eigenvalue weighted by Gasteiger charge is -2.24. The standard InChI is InChI=1S/C54H70N7O9P3/c1-68-49-19-13-40(14-20-49)7-10-43-31-46(58-52(34-43)71(3,62)63)37-56-26-28-61(29-27-57-38-47-32-44(35-53(59-47)72(4,64)65)11-8-41-15-21-50(69-2)22-16-41)39-48-33-45(36-54(60-48)73(5,66)67)12-9-42-17-23-51(24-18-42)70-30-6-25-55/h13-15,17-19,21-23,31,33,35-36,41,43-44,49,51,56-57H,6,16,20,24-30,32,34,37-39,55H2,1-5H3,(H,62,63)(H,64,65)(H,66,67). The van der Waals surface area contributed by atoms with Gasteiger partial charge in [-0.3, -0.25) is 28.6 Å². The second kappa shape index (κ2) is 27.7. The number of nitrogens with one attached hydrogen (secondary N) is 2. The molecule has 3 aliphatic carbocycles. The van der Waals surface area contributed by atoms with E-state index in [1.54, 1.807) is 26.4 Å². The van der Waals surface area contributed by atoms with Gasteiger partial charge in [-0.25, -0.2) is 4.98 Å². The van der Waals surface area contributed by atoms with Crippen molar-refractivity contribution in [3.63, 3.8) is 0 Å². The average Bonchev–Trinajstić information content (AvgIpc) is 3.36. The zero-order valence-corrected chi connectivity index (χ0v) is 45.2. The van der Waals surface area contributed by atoms with Crippen LogP contribution in [0.3, 0.4) is 0 Å². The van der Waals surface area contributed by atoms with E-state index in [-0.39, 0.29) is 52.7 Å². The summed E-state index contributed by atoms with van der Waals surface area (Å²) in [5.41, 5.74) is 10.2. The fraction of sp³-hybridized carbons (Fsp3) is 0.463. The molecular formula is C54H70N7O9P3. The molecule has 0 radical (unpaired) electrons. The van der Waals surface area contributed by atoms with Crippen molar-refractivity contribution in [1.29, 1.82) is 0 Å². The first kappa shape index (κ1) is 57.5. The van der Waals surface area contributed by atoms with E-state index in [1.807, 2.05) is 66.8 Å². The van der Waals surface area contributed by atoms with Crippen LogP contribution in [0.25, 0.3) is 0 Å². The van der Waals surface area contributed by atoms with Gasteiger partial charge in [-0.15, -0.1) is 0 Å². The van der Waals surface area contributed by atoms with Crippen LogP contribution in [0.1, 0.15) is 49.8 Å². The van der Waals surface area contributed by atoms with Crippen molar-refractivity contribution in [3.8, 4) is 35.5 Å². The molecule has 0 spiro atoms. The van der Waals surface area contributed by atoms with E-state index in [9.17, 15) is 28.4 Å². The first-order chi connectivity index (χ1) is 34.9. The number of methoxy groups -OCH3 is 2. The summed E-state index contributed by atoms with van der Waals surface area (Å²) in [5.74, 6) is 19.7. The minimum Gasteiger partial charge on any atom is -0.497 e. The van der Waals surface area contributed by atoms with Crippen LogP contribution in [0.5, 0.6) is 0 Å². The summed E-state index contributed by atoms with van der Waals surface area (Å²) in [6, 6.07) is 3.40. The van der Waals surface area contributed by atoms with Gasteiger partial charge in [0.05, 0.1) is 30.7 Å². The van der Waals surface area contributed by atoms with E-state index in [1.165, 1.54) is 20.0 Å². The molecule has 1 aromatic heterocycles. The molecule has 0 saturated carbocycles. The molecular weight excluding hydrogens is 984 g/mol. The molecule has 3 heterocycles. The largest absolute Gasteiger partial charge is 0.497 e. The number of aromatic nitrogens is 1. The molecule has 0 aromatic carbocycles. The molecule has 8 unspecified atom stereocenters. The lowest BCUT2D eigenvalue weighted by molar-refractivity contribution is 0.0856. The van der Waals surface area contributed by atoms with Gasteiger partial charge in [-0.05, 0) is 80.8 Å². The second-order valence-corrected chi connectivity index (χ2v) is 25.3. The first-order valence-electron chi connectivity index (χ1n) is 24.6. The van der Waals surface area contributed by atoms with Crippen LogP contribution in [0.2, 0.25) is 0 Å². The Kier molecular flexibility index (Phi) is 21.8. The Labute approximate surface area is 431 Å². The number of ether oxygens (including phenoxy) is 3. The fourth-order valence-electron chi connectivity index (χ4n) is 8.12. The van der Waals surface area contributed by atoms with Crippen LogP contribution in [0, 0.1) is 53.3 Å². The van der Waals surface area contributed by atoms with E-state index in [4.69, 9.17) is 19.9 Å². The van der Waals surface area contributed by atoms with E-state index < -0.39 is 22.1 Å². The SMILES string of the molecule is COC1=CCC(C#CC2C=C(P(C)(=O)O)N=C(CNCCN(CCNCC3=CC(C#CC4=CCC(OC)C=C4)CC(P(C)(=O)O)=N3)Cc3cc(C#CC4=CCC(OCCCN)C=C4)cc(P(C)(=O)O)n3)C2)C=C1. The average molecular weight is 1050 g/mol. The van der Waals surface area contributed by atoms with E-state index in [0.29, 0.717) is 101 Å². The summed E-state index contributed by atoms with van der Waals surface area (Å²) in [6.07, 6.45) is 25.0. The summed E-state index contributed by atoms with van der Waals surface area (Å²) in [5, 5.41) is 6.94. The Balaban J connectivity index is 1.16. The van der Waals surface area contributed by atoms with Gasteiger partial charge < -0.3 is 45.3 Å². The number of hydrogen-bond donors (Lipinski definition) is 6. The minimum absolute atomic E-state index is 0.00898. The van der Waals surface area contributed by atoms with Crippen molar-refractivity contribution in [2.24, 2.45) is 33.5 Å². The molecule has 8 atom stereocenters. The second-order valence-electron chi connectivity index (χ2n) is 18.6. The van der Waals surface area contributed by atoms with Crippen LogP contribution < -0.4 is 21.8 Å². The van der Waals surface area contributed by atoms with E-state index in [0.717, 1.165) is 29.7 Å². The van der Waals surface area contributed by atoms with E-state index >= 15 is 0 Å². The molecule has 0 saturated heterocycles. The van der Waals surface area contributed by atoms with Crippen LogP contribution in [0.15, 0.2) is 117 Å². The molecule has 19 heteroatoms. The Morgan fingerprint density at radius 2 is 1.45 bits per heavy atom. The van der Waals surface area contributed by atoms with Crippen molar-refractivity contribution >= 4 is 38.7 Å². The molecule has 16 nitrogen and oxygen atoms in total. The predicted molar refractivity (Wildman–Crippen MR) is 292 cm³/mol. The highest BCUT2D eigenvalue weighted by atomic mass is 31.2. The zero-order chi connectivity index (χ0) is 52.4. The molecule has 6 rings (SSSR count). The van der Waals surface area contributed by atoms with Crippen molar-refractivity contribution in [2.45, 2.75) is 57.3 Å². The molecule has 7 N–H and O–H groups in total. The van der Waals surface area contributed by atoms with Gasteiger partial charge in [0.25, 0.3) is 0 Å². The van der Waals surface area contributed by atoms with Crippen LogP contribution in [-0.4, -0.2) is 135 Å².